The fourth-order valence-corrected chi connectivity index (χ4v) is 5.70. The van der Waals surface area contributed by atoms with E-state index in [1.807, 2.05) is 30.8 Å². The molecule has 8 nitrogen and oxygen atoms in total. The molecular formula is C27H36F3N5O3. The second-order valence-corrected chi connectivity index (χ2v) is 10.3. The van der Waals surface area contributed by atoms with Crippen LogP contribution < -0.4 is 16.0 Å². The van der Waals surface area contributed by atoms with Gasteiger partial charge in [-0.15, -0.1) is 0 Å². The molecule has 2 aromatic rings. The van der Waals surface area contributed by atoms with E-state index in [4.69, 9.17) is 4.74 Å². The Bertz CT molecular complexity index is 1110. The number of nitrogens with one attached hydrogen (secondary N) is 3. The number of hydrogen-bond donors (Lipinski definition) is 3. The molecule has 2 aliphatic rings. The Morgan fingerprint density at radius 3 is 2.63 bits per heavy atom. The maximum Gasteiger partial charge on any atom is 0.416 e. The highest BCUT2D eigenvalue weighted by molar-refractivity contribution is 5.96. The van der Waals surface area contributed by atoms with Crippen molar-refractivity contribution < 1.29 is 27.5 Å². The van der Waals surface area contributed by atoms with Crippen LogP contribution in [-0.4, -0.2) is 59.5 Å². The van der Waals surface area contributed by atoms with E-state index in [-0.39, 0.29) is 24.1 Å². The van der Waals surface area contributed by atoms with Crippen LogP contribution >= 0.6 is 0 Å². The minimum atomic E-state index is -4.56. The van der Waals surface area contributed by atoms with Crippen LogP contribution in [0.1, 0.15) is 66.7 Å². The van der Waals surface area contributed by atoms with Gasteiger partial charge in [0, 0.05) is 31.5 Å². The molecule has 2 amide bonds. The maximum atomic E-state index is 13.1. The lowest BCUT2D eigenvalue weighted by Crippen LogP contribution is -2.64. The summed E-state index contributed by atoms with van der Waals surface area (Å²) < 4.78 is 47.3. The van der Waals surface area contributed by atoms with Gasteiger partial charge in [0.2, 0.25) is 5.91 Å². The van der Waals surface area contributed by atoms with E-state index in [1.54, 1.807) is 0 Å². The van der Waals surface area contributed by atoms with Crippen molar-refractivity contribution in [2.75, 3.05) is 26.2 Å². The van der Waals surface area contributed by atoms with Crippen LogP contribution in [0, 0.1) is 12.8 Å². The number of hydrogen-bond acceptors (Lipinski definition) is 5. The number of carbonyl (C=O) groups excluding carboxylic acids is 2. The smallest absolute Gasteiger partial charge is 0.374 e. The lowest BCUT2D eigenvalue weighted by molar-refractivity contribution is -0.137. The van der Waals surface area contributed by atoms with Crippen molar-refractivity contribution in [3.8, 4) is 0 Å². The summed E-state index contributed by atoms with van der Waals surface area (Å²) in [6.07, 6.45) is 1.69. The van der Waals surface area contributed by atoms with Gasteiger partial charge in [0.15, 0.2) is 0 Å². The van der Waals surface area contributed by atoms with Crippen molar-refractivity contribution in [3.63, 3.8) is 0 Å². The zero-order valence-corrected chi connectivity index (χ0v) is 21.8. The lowest BCUT2D eigenvalue weighted by atomic mass is 9.71. The SMILES string of the molecule is CCCO[C@H]1CNC[C@@]1(NC(=O)CNC(=O)c1cccc(C(F)(F)F)c1)C1CCC(n2ccc(C)n2)CC1. The molecule has 2 heterocycles. The Balaban J connectivity index is 1.42. The monoisotopic (exact) mass is 535 g/mol. The fraction of sp³-hybridized carbons (Fsp3) is 0.593. The van der Waals surface area contributed by atoms with E-state index >= 15 is 0 Å². The highest BCUT2D eigenvalue weighted by Gasteiger charge is 2.51. The average Bonchev–Trinajstić information content (AvgIpc) is 3.52. The van der Waals surface area contributed by atoms with E-state index < -0.39 is 29.1 Å². The third-order valence-corrected chi connectivity index (χ3v) is 7.62. The second kappa shape index (κ2) is 11.9. The summed E-state index contributed by atoms with van der Waals surface area (Å²) in [7, 11) is 0. The van der Waals surface area contributed by atoms with Crippen molar-refractivity contribution in [1.82, 2.24) is 25.7 Å². The molecule has 11 heteroatoms. The number of carbonyl (C=O) groups is 2. The molecule has 3 N–H and O–H groups in total. The van der Waals surface area contributed by atoms with Gasteiger partial charge in [-0.3, -0.25) is 14.3 Å². The molecule has 1 saturated carbocycles. The fourth-order valence-electron chi connectivity index (χ4n) is 5.70. The summed E-state index contributed by atoms with van der Waals surface area (Å²) in [6, 6.07) is 6.45. The number of rotatable bonds is 9. The topological polar surface area (TPSA) is 97.3 Å². The molecule has 1 aromatic heterocycles. The van der Waals surface area contributed by atoms with Crippen LogP contribution in [0.4, 0.5) is 13.2 Å². The van der Waals surface area contributed by atoms with Crippen molar-refractivity contribution in [2.24, 2.45) is 5.92 Å². The lowest BCUT2D eigenvalue weighted by Gasteiger charge is -2.45. The molecule has 4 rings (SSSR count). The number of amides is 2. The summed E-state index contributed by atoms with van der Waals surface area (Å²) >= 11 is 0. The number of ether oxygens (including phenoxy) is 1. The predicted molar refractivity (Wildman–Crippen MR) is 136 cm³/mol. The molecule has 0 bridgehead atoms. The van der Waals surface area contributed by atoms with Gasteiger partial charge in [-0.1, -0.05) is 13.0 Å². The zero-order chi connectivity index (χ0) is 27.3. The number of aromatic nitrogens is 2. The highest BCUT2D eigenvalue weighted by Crippen LogP contribution is 2.41. The van der Waals surface area contributed by atoms with Crippen LogP contribution in [0.25, 0.3) is 0 Å². The molecule has 208 valence electrons. The molecule has 1 aromatic carbocycles. The summed E-state index contributed by atoms with van der Waals surface area (Å²) in [5.41, 5.74) is -0.724. The number of alkyl halides is 3. The third-order valence-electron chi connectivity index (χ3n) is 7.62. The van der Waals surface area contributed by atoms with Crippen LogP contribution in [0.2, 0.25) is 0 Å². The summed E-state index contributed by atoms with van der Waals surface area (Å²) in [5, 5.41) is 13.6. The largest absolute Gasteiger partial charge is 0.416 e. The Hall–Kier alpha value is -2.92. The van der Waals surface area contributed by atoms with Crippen molar-refractivity contribution in [2.45, 2.75) is 69.8 Å². The van der Waals surface area contributed by atoms with Gasteiger partial charge in [-0.25, -0.2) is 0 Å². The van der Waals surface area contributed by atoms with Crippen molar-refractivity contribution >= 4 is 11.8 Å². The third kappa shape index (κ3) is 6.37. The standard InChI is InChI=1S/C27H36F3N5O3/c1-3-13-38-23-15-31-17-26(23,20-7-9-22(10-8-20)35-12-11-18(2)34-35)33-24(36)16-32-25(37)19-5-4-6-21(14-19)27(28,29)30/h4-6,11-12,14,20,22-23,31H,3,7-10,13,15-17H2,1-2H3,(H,32,37)(H,33,36)/t20?,22?,23-,26+/m0/s1. The van der Waals surface area contributed by atoms with Crippen LogP contribution in [0.5, 0.6) is 0 Å². The summed E-state index contributed by atoms with van der Waals surface area (Å²) in [5.74, 6) is -0.974. The number of halogens is 3. The van der Waals surface area contributed by atoms with Gasteiger partial charge in [0.05, 0.1) is 35.5 Å². The number of benzene rings is 1. The van der Waals surface area contributed by atoms with Crippen LogP contribution in [0.15, 0.2) is 36.5 Å². The molecule has 0 spiro atoms. The minimum absolute atomic E-state index is 0.152. The Morgan fingerprint density at radius 2 is 1.97 bits per heavy atom. The Morgan fingerprint density at radius 1 is 1.21 bits per heavy atom. The van der Waals surface area contributed by atoms with Gasteiger partial charge in [-0.2, -0.15) is 18.3 Å². The first kappa shape index (κ1) is 28.1. The molecule has 2 atom stereocenters. The van der Waals surface area contributed by atoms with Crippen LogP contribution in [0.3, 0.4) is 0 Å². The predicted octanol–water partition coefficient (Wildman–Crippen LogP) is 3.63. The minimum Gasteiger partial charge on any atom is -0.374 e. The number of nitrogens with zero attached hydrogens (tertiary/aromatic N) is 2. The van der Waals surface area contributed by atoms with Gasteiger partial charge in [-0.05, 0) is 69.2 Å². The first-order chi connectivity index (χ1) is 18.1. The molecule has 1 aliphatic carbocycles. The molecule has 1 aliphatic heterocycles. The van der Waals surface area contributed by atoms with Gasteiger partial charge in [0.1, 0.15) is 0 Å². The highest BCUT2D eigenvalue weighted by atomic mass is 19.4. The molecule has 2 fully saturated rings. The Labute approximate surface area is 220 Å². The van der Waals surface area contributed by atoms with E-state index in [2.05, 4.69) is 21.0 Å². The quantitative estimate of drug-likeness (QED) is 0.456. The molecule has 0 unspecified atom stereocenters. The van der Waals surface area contributed by atoms with Gasteiger partial charge < -0.3 is 20.7 Å². The molecule has 38 heavy (non-hydrogen) atoms. The van der Waals surface area contributed by atoms with E-state index in [9.17, 15) is 22.8 Å². The zero-order valence-electron chi connectivity index (χ0n) is 21.8. The van der Waals surface area contributed by atoms with E-state index in [0.29, 0.717) is 25.7 Å². The van der Waals surface area contributed by atoms with E-state index in [1.165, 1.54) is 12.1 Å². The molecule has 1 saturated heterocycles. The summed E-state index contributed by atoms with van der Waals surface area (Å²) in [4.78, 5) is 25.6. The van der Waals surface area contributed by atoms with Crippen molar-refractivity contribution in [3.05, 3.63) is 53.3 Å². The first-order valence-electron chi connectivity index (χ1n) is 13.2. The number of aryl methyl sites for hydroxylation is 1. The maximum absolute atomic E-state index is 13.1. The molecule has 0 radical (unpaired) electrons. The second-order valence-electron chi connectivity index (χ2n) is 10.3. The Kier molecular flexibility index (Phi) is 8.77. The van der Waals surface area contributed by atoms with Crippen LogP contribution in [-0.2, 0) is 15.7 Å². The molecular weight excluding hydrogens is 499 g/mol. The van der Waals surface area contributed by atoms with Crippen molar-refractivity contribution in [1.29, 1.82) is 0 Å². The average molecular weight is 536 g/mol. The first-order valence-corrected chi connectivity index (χ1v) is 13.2. The van der Waals surface area contributed by atoms with E-state index in [0.717, 1.165) is 49.9 Å². The normalized spacial score (nSPS) is 25.8. The van der Waals surface area contributed by atoms with Gasteiger partial charge >= 0.3 is 6.18 Å². The summed E-state index contributed by atoms with van der Waals surface area (Å²) in [6.45, 7) is 5.37. The van der Waals surface area contributed by atoms with Gasteiger partial charge in [0.25, 0.3) is 5.91 Å².